The Kier molecular flexibility index (Phi) is 3.20. The summed E-state index contributed by atoms with van der Waals surface area (Å²) in [5, 5.41) is 0.319. The van der Waals surface area contributed by atoms with Crippen molar-refractivity contribution in [3.05, 3.63) is 46.2 Å². The van der Waals surface area contributed by atoms with Crippen LogP contribution in [0, 0.1) is 5.82 Å². The molecule has 1 unspecified atom stereocenters. The quantitative estimate of drug-likeness (QED) is 0.615. The van der Waals surface area contributed by atoms with E-state index >= 15 is 0 Å². The van der Waals surface area contributed by atoms with E-state index in [4.69, 9.17) is 28.9 Å². The lowest BCUT2D eigenvalue weighted by Gasteiger charge is -2.22. The fraction of sp³-hybridized carbons (Fsp3) is 0.200. The van der Waals surface area contributed by atoms with Crippen molar-refractivity contribution in [2.75, 3.05) is 0 Å². The van der Waals surface area contributed by atoms with Crippen molar-refractivity contribution >= 4 is 23.2 Å². The minimum Gasteiger partial charge on any atom is -0.318 e. The molecule has 1 atom stereocenters. The van der Waals surface area contributed by atoms with E-state index < -0.39 is 11.4 Å². The van der Waals surface area contributed by atoms with Gasteiger partial charge in [0.2, 0.25) is 0 Å². The molecule has 14 heavy (non-hydrogen) atoms. The Hall–Kier alpha value is -0.570. The first-order chi connectivity index (χ1) is 6.38. The standard InChI is InChI=1S/C10H10Cl2FN/c1-3-10(2,14)6-4-9(13)8(12)5-7(6)11/h3-5H,1,14H2,2H3. The van der Waals surface area contributed by atoms with Crippen molar-refractivity contribution < 1.29 is 4.39 Å². The van der Waals surface area contributed by atoms with Gasteiger partial charge in [0, 0.05) is 5.02 Å². The minimum atomic E-state index is -0.859. The molecule has 0 bridgehead atoms. The lowest BCUT2D eigenvalue weighted by atomic mass is 9.93. The third-order valence-electron chi connectivity index (χ3n) is 2.01. The van der Waals surface area contributed by atoms with Crippen LogP contribution in [-0.4, -0.2) is 0 Å². The fourth-order valence-corrected chi connectivity index (χ4v) is 1.63. The number of hydrogen-bond donors (Lipinski definition) is 1. The molecule has 0 saturated carbocycles. The van der Waals surface area contributed by atoms with Crippen LogP contribution in [0.5, 0.6) is 0 Å². The van der Waals surface area contributed by atoms with Gasteiger partial charge in [0.05, 0.1) is 10.6 Å². The van der Waals surface area contributed by atoms with Crippen LogP contribution in [0.3, 0.4) is 0 Å². The molecule has 0 radical (unpaired) electrons. The Morgan fingerprint density at radius 1 is 1.43 bits per heavy atom. The molecule has 76 valence electrons. The van der Waals surface area contributed by atoms with Gasteiger partial charge < -0.3 is 5.73 Å². The highest BCUT2D eigenvalue weighted by Gasteiger charge is 2.21. The van der Waals surface area contributed by atoms with E-state index in [1.54, 1.807) is 6.92 Å². The van der Waals surface area contributed by atoms with Crippen LogP contribution in [0.25, 0.3) is 0 Å². The molecule has 0 fully saturated rings. The first kappa shape index (κ1) is 11.5. The van der Waals surface area contributed by atoms with Crippen LogP contribution >= 0.6 is 23.2 Å². The summed E-state index contributed by atoms with van der Waals surface area (Å²) in [5.74, 6) is -0.537. The van der Waals surface area contributed by atoms with E-state index in [2.05, 4.69) is 6.58 Å². The number of halogens is 3. The molecule has 4 heteroatoms. The maximum atomic E-state index is 13.1. The van der Waals surface area contributed by atoms with Gasteiger partial charge in [-0.15, -0.1) is 6.58 Å². The second-order valence-electron chi connectivity index (χ2n) is 3.23. The highest BCUT2D eigenvalue weighted by molar-refractivity contribution is 6.35. The molecule has 0 amide bonds. The van der Waals surface area contributed by atoms with Crippen molar-refractivity contribution in [2.24, 2.45) is 5.73 Å². The van der Waals surface area contributed by atoms with E-state index in [0.29, 0.717) is 10.6 Å². The molecule has 0 heterocycles. The average molecular weight is 234 g/mol. The van der Waals surface area contributed by atoms with Gasteiger partial charge in [-0.25, -0.2) is 4.39 Å². The van der Waals surface area contributed by atoms with Gasteiger partial charge in [-0.2, -0.15) is 0 Å². The second kappa shape index (κ2) is 3.89. The lowest BCUT2D eigenvalue weighted by Crippen LogP contribution is -2.30. The molecule has 0 aliphatic rings. The summed E-state index contributed by atoms with van der Waals surface area (Å²) in [6, 6.07) is 2.56. The predicted molar refractivity (Wildman–Crippen MR) is 58.2 cm³/mol. The van der Waals surface area contributed by atoms with Gasteiger partial charge >= 0.3 is 0 Å². The number of nitrogens with two attached hydrogens (primary N) is 1. The second-order valence-corrected chi connectivity index (χ2v) is 4.05. The molecule has 0 aliphatic heterocycles. The summed E-state index contributed by atoms with van der Waals surface area (Å²) >= 11 is 11.4. The summed E-state index contributed by atoms with van der Waals surface area (Å²) in [6.07, 6.45) is 1.50. The fourth-order valence-electron chi connectivity index (χ4n) is 1.05. The topological polar surface area (TPSA) is 26.0 Å². The molecule has 0 aromatic heterocycles. The van der Waals surface area contributed by atoms with Crippen molar-refractivity contribution in [1.29, 1.82) is 0 Å². The first-order valence-electron chi connectivity index (χ1n) is 3.96. The van der Waals surface area contributed by atoms with Crippen LogP contribution < -0.4 is 5.73 Å². The molecule has 1 aromatic rings. The van der Waals surface area contributed by atoms with Gasteiger partial charge in [-0.1, -0.05) is 29.3 Å². The van der Waals surface area contributed by atoms with Crippen LogP contribution in [0.15, 0.2) is 24.8 Å². The van der Waals surface area contributed by atoms with E-state index in [9.17, 15) is 4.39 Å². The van der Waals surface area contributed by atoms with E-state index in [1.165, 1.54) is 18.2 Å². The highest BCUT2D eigenvalue weighted by Crippen LogP contribution is 2.31. The van der Waals surface area contributed by atoms with Gasteiger partial charge in [-0.05, 0) is 24.6 Å². The molecule has 0 spiro atoms. The predicted octanol–water partition coefficient (Wildman–Crippen LogP) is 3.49. The molecule has 0 saturated heterocycles. The summed E-state index contributed by atoms with van der Waals surface area (Å²) in [4.78, 5) is 0. The molecular weight excluding hydrogens is 224 g/mol. The van der Waals surface area contributed by atoms with Crippen LogP contribution in [0.1, 0.15) is 12.5 Å². The molecule has 1 aromatic carbocycles. The molecule has 1 rings (SSSR count). The zero-order valence-electron chi connectivity index (χ0n) is 7.65. The summed E-state index contributed by atoms with van der Waals surface area (Å²) < 4.78 is 13.1. The Labute approximate surface area is 92.3 Å². The molecule has 0 aliphatic carbocycles. The van der Waals surface area contributed by atoms with Crippen LogP contribution in [-0.2, 0) is 5.54 Å². The first-order valence-corrected chi connectivity index (χ1v) is 4.71. The van der Waals surface area contributed by atoms with Gasteiger partial charge in [0.1, 0.15) is 5.82 Å². The highest BCUT2D eigenvalue weighted by atomic mass is 35.5. The van der Waals surface area contributed by atoms with Crippen molar-refractivity contribution in [1.82, 2.24) is 0 Å². The monoisotopic (exact) mass is 233 g/mol. The molecule has 2 N–H and O–H groups in total. The molecule has 1 nitrogen and oxygen atoms in total. The van der Waals surface area contributed by atoms with Crippen molar-refractivity contribution in [3.8, 4) is 0 Å². The van der Waals surface area contributed by atoms with E-state index in [1.807, 2.05) is 0 Å². The zero-order valence-corrected chi connectivity index (χ0v) is 9.16. The summed E-state index contributed by atoms with van der Waals surface area (Å²) in [7, 11) is 0. The average Bonchev–Trinajstić information content (AvgIpc) is 2.11. The van der Waals surface area contributed by atoms with Gasteiger partial charge in [0.15, 0.2) is 0 Å². The minimum absolute atomic E-state index is 0.0152. The van der Waals surface area contributed by atoms with E-state index in [-0.39, 0.29) is 5.02 Å². The van der Waals surface area contributed by atoms with Crippen LogP contribution in [0.4, 0.5) is 4.39 Å². The lowest BCUT2D eigenvalue weighted by molar-refractivity contribution is 0.597. The maximum absolute atomic E-state index is 13.1. The Morgan fingerprint density at radius 3 is 2.50 bits per heavy atom. The Bertz CT molecular complexity index is 375. The normalized spacial score (nSPS) is 14.9. The summed E-state index contributed by atoms with van der Waals surface area (Å²) in [5.41, 5.74) is 5.45. The zero-order chi connectivity index (χ0) is 10.9. The van der Waals surface area contributed by atoms with Crippen molar-refractivity contribution in [2.45, 2.75) is 12.5 Å². The summed E-state index contributed by atoms with van der Waals surface area (Å²) in [6.45, 7) is 5.25. The third kappa shape index (κ3) is 2.08. The Balaban J connectivity index is 3.36. The third-order valence-corrected chi connectivity index (χ3v) is 2.62. The number of hydrogen-bond acceptors (Lipinski definition) is 1. The smallest absolute Gasteiger partial charge is 0.142 e. The maximum Gasteiger partial charge on any atom is 0.142 e. The number of benzene rings is 1. The van der Waals surface area contributed by atoms with Crippen LogP contribution in [0.2, 0.25) is 10.0 Å². The van der Waals surface area contributed by atoms with Crippen molar-refractivity contribution in [3.63, 3.8) is 0 Å². The molecular formula is C10H10Cl2FN. The van der Waals surface area contributed by atoms with Gasteiger partial charge in [-0.3, -0.25) is 0 Å². The largest absolute Gasteiger partial charge is 0.318 e. The van der Waals surface area contributed by atoms with Gasteiger partial charge in [0.25, 0.3) is 0 Å². The SMILES string of the molecule is C=CC(C)(N)c1cc(F)c(Cl)cc1Cl. The number of rotatable bonds is 2. The van der Waals surface area contributed by atoms with E-state index in [0.717, 1.165) is 0 Å². The Morgan fingerprint density at radius 2 is 2.00 bits per heavy atom.